The van der Waals surface area contributed by atoms with Gasteiger partial charge in [0.25, 0.3) is 10.0 Å². The molecule has 1 aliphatic heterocycles. The predicted molar refractivity (Wildman–Crippen MR) is 83.1 cm³/mol. The molecule has 0 atom stereocenters. The molecule has 0 radical (unpaired) electrons. The van der Waals surface area contributed by atoms with Crippen molar-refractivity contribution in [2.24, 2.45) is 7.05 Å². The number of nitrogens with one attached hydrogen (secondary N) is 2. The summed E-state index contributed by atoms with van der Waals surface area (Å²) in [4.78, 5) is 3.02. The van der Waals surface area contributed by atoms with Crippen molar-refractivity contribution in [2.45, 2.75) is 50.6 Å². The molecule has 0 spiro atoms. The molecule has 2 rings (SSSR count). The molecule has 7 heteroatoms. The molecule has 1 aliphatic rings. The SMILES string of the molecule is CC(C)NCc1cc(S(=O)(=O)NN2CCCCC2)cn1C. The minimum atomic E-state index is -3.47. The molecule has 120 valence electrons. The van der Waals surface area contributed by atoms with Crippen LogP contribution in [0.3, 0.4) is 0 Å². The monoisotopic (exact) mass is 314 g/mol. The van der Waals surface area contributed by atoms with E-state index in [0.29, 0.717) is 17.5 Å². The highest BCUT2D eigenvalue weighted by atomic mass is 32.2. The van der Waals surface area contributed by atoms with E-state index in [1.165, 1.54) is 6.42 Å². The summed E-state index contributed by atoms with van der Waals surface area (Å²) in [5.41, 5.74) is 0.961. The van der Waals surface area contributed by atoms with E-state index in [1.54, 1.807) is 17.3 Å². The highest BCUT2D eigenvalue weighted by molar-refractivity contribution is 7.89. The fourth-order valence-corrected chi connectivity index (χ4v) is 3.63. The summed E-state index contributed by atoms with van der Waals surface area (Å²) in [7, 11) is -1.60. The Hall–Kier alpha value is -0.890. The molecule has 0 aromatic carbocycles. The first-order chi connectivity index (χ1) is 9.88. The first-order valence-electron chi connectivity index (χ1n) is 7.54. The highest BCUT2D eigenvalue weighted by Crippen LogP contribution is 2.15. The number of hydrogen-bond donors (Lipinski definition) is 2. The van der Waals surface area contributed by atoms with E-state index >= 15 is 0 Å². The van der Waals surface area contributed by atoms with Crippen molar-refractivity contribution in [1.82, 2.24) is 19.7 Å². The summed E-state index contributed by atoms with van der Waals surface area (Å²) in [6.07, 6.45) is 4.93. The second-order valence-corrected chi connectivity index (χ2v) is 7.62. The van der Waals surface area contributed by atoms with Crippen molar-refractivity contribution >= 4 is 10.0 Å². The van der Waals surface area contributed by atoms with E-state index in [0.717, 1.165) is 31.6 Å². The number of hydrazine groups is 1. The minimum absolute atomic E-state index is 0.330. The summed E-state index contributed by atoms with van der Waals surface area (Å²) < 4.78 is 26.7. The number of hydrogen-bond acceptors (Lipinski definition) is 4. The van der Waals surface area contributed by atoms with Crippen molar-refractivity contribution in [2.75, 3.05) is 13.1 Å². The average Bonchev–Trinajstić information content (AvgIpc) is 2.79. The van der Waals surface area contributed by atoms with E-state index in [1.807, 2.05) is 11.6 Å². The largest absolute Gasteiger partial charge is 0.352 e. The third-order valence-electron chi connectivity index (χ3n) is 3.69. The predicted octanol–water partition coefficient (Wildman–Crippen LogP) is 1.20. The molecule has 1 aromatic rings. The Bertz CT molecular complexity index is 560. The maximum Gasteiger partial charge on any atom is 0.254 e. The average molecular weight is 314 g/mol. The van der Waals surface area contributed by atoms with Crippen LogP contribution < -0.4 is 10.1 Å². The van der Waals surface area contributed by atoms with E-state index in [9.17, 15) is 8.42 Å². The lowest BCUT2D eigenvalue weighted by atomic mass is 10.2. The summed E-state index contributed by atoms with van der Waals surface area (Å²) in [6, 6.07) is 2.10. The van der Waals surface area contributed by atoms with Gasteiger partial charge in [0.1, 0.15) is 4.90 Å². The van der Waals surface area contributed by atoms with Gasteiger partial charge in [0.15, 0.2) is 0 Å². The van der Waals surface area contributed by atoms with Crippen LogP contribution in [0, 0.1) is 0 Å². The molecule has 21 heavy (non-hydrogen) atoms. The molecule has 0 aliphatic carbocycles. The zero-order valence-corrected chi connectivity index (χ0v) is 13.9. The lowest BCUT2D eigenvalue weighted by Gasteiger charge is -2.26. The van der Waals surface area contributed by atoms with Crippen molar-refractivity contribution < 1.29 is 8.42 Å². The van der Waals surface area contributed by atoms with Crippen LogP contribution >= 0.6 is 0 Å². The van der Waals surface area contributed by atoms with Gasteiger partial charge in [-0.25, -0.2) is 13.4 Å². The van der Waals surface area contributed by atoms with Crippen LogP contribution in [0.4, 0.5) is 0 Å². The Morgan fingerprint density at radius 1 is 1.24 bits per heavy atom. The van der Waals surface area contributed by atoms with Crippen molar-refractivity contribution in [3.8, 4) is 0 Å². The fourth-order valence-electron chi connectivity index (χ4n) is 2.42. The van der Waals surface area contributed by atoms with E-state index in [4.69, 9.17) is 0 Å². The van der Waals surface area contributed by atoms with Gasteiger partial charge in [0, 0.05) is 44.6 Å². The fraction of sp³-hybridized carbons (Fsp3) is 0.714. The van der Waals surface area contributed by atoms with Crippen molar-refractivity contribution in [1.29, 1.82) is 0 Å². The minimum Gasteiger partial charge on any atom is -0.352 e. The second-order valence-electron chi connectivity index (χ2n) is 5.96. The molecule has 1 fully saturated rings. The van der Waals surface area contributed by atoms with Gasteiger partial charge in [0.2, 0.25) is 0 Å². The van der Waals surface area contributed by atoms with Gasteiger partial charge in [-0.1, -0.05) is 20.3 Å². The number of nitrogens with zero attached hydrogens (tertiary/aromatic N) is 2. The normalized spacial score (nSPS) is 17.5. The zero-order chi connectivity index (χ0) is 15.5. The Labute approximate surface area is 127 Å². The van der Waals surface area contributed by atoms with Gasteiger partial charge in [-0.05, 0) is 18.9 Å². The Morgan fingerprint density at radius 3 is 2.52 bits per heavy atom. The molecule has 0 bridgehead atoms. The Kier molecular flexibility index (Phi) is 5.43. The first-order valence-corrected chi connectivity index (χ1v) is 9.03. The molecule has 0 unspecified atom stereocenters. The van der Waals surface area contributed by atoms with E-state index in [-0.39, 0.29) is 0 Å². The lowest BCUT2D eigenvalue weighted by Crippen LogP contribution is -2.44. The Morgan fingerprint density at radius 2 is 1.90 bits per heavy atom. The first kappa shape index (κ1) is 16.5. The molecule has 0 saturated carbocycles. The molecule has 2 heterocycles. The van der Waals surface area contributed by atoms with E-state index in [2.05, 4.69) is 24.0 Å². The second kappa shape index (κ2) is 6.91. The number of aryl methyl sites for hydroxylation is 1. The van der Waals surface area contributed by atoms with Crippen LogP contribution in [-0.4, -0.2) is 37.1 Å². The number of piperidine rings is 1. The quantitative estimate of drug-likeness (QED) is 0.828. The van der Waals surface area contributed by atoms with Crippen molar-refractivity contribution in [3.63, 3.8) is 0 Å². The van der Waals surface area contributed by atoms with Gasteiger partial charge >= 0.3 is 0 Å². The smallest absolute Gasteiger partial charge is 0.254 e. The summed E-state index contributed by atoms with van der Waals surface area (Å²) in [5, 5.41) is 5.11. The van der Waals surface area contributed by atoms with Crippen molar-refractivity contribution in [3.05, 3.63) is 18.0 Å². The standard InChI is InChI=1S/C14H26N4O2S/c1-12(2)15-10-13-9-14(11-17(13)3)21(19,20)16-18-7-5-4-6-8-18/h9,11-12,15-16H,4-8,10H2,1-3H3. The van der Waals surface area contributed by atoms with Crippen LogP contribution in [0.5, 0.6) is 0 Å². The topological polar surface area (TPSA) is 66.4 Å². The van der Waals surface area contributed by atoms with Gasteiger partial charge in [0.05, 0.1) is 0 Å². The summed E-state index contributed by atoms with van der Waals surface area (Å²) in [6.45, 7) is 6.37. The van der Waals surface area contributed by atoms with Gasteiger partial charge in [-0.15, -0.1) is 4.83 Å². The van der Waals surface area contributed by atoms with Crippen LogP contribution in [0.15, 0.2) is 17.2 Å². The molecule has 2 N–H and O–H groups in total. The summed E-state index contributed by atoms with van der Waals surface area (Å²) in [5.74, 6) is 0. The Balaban J connectivity index is 2.07. The highest BCUT2D eigenvalue weighted by Gasteiger charge is 2.21. The van der Waals surface area contributed by atoms with Gasteiger partial charge < -0.3 is 9.88 Å². The molecule has 6 nitrogen and oxygen atoms in total. The summed E-state index contributed by atoms with van der Waals surface area (Å²) >= 11 is 0. The number of aromatic nitrogens is 1. The molecule has 1 saturated heterocycles. The number of rotatable bonds is 6. The maximum atomic E-state index is 12.4. The lowest BCUT2D eigenvalue weighted by molar-refractivity contribution is 0.200. The van der Waals surface area contributed by atoms with E-state index < -0.39 is 10.0 Å². The van der Waals surface area contributed by atoms with Gasteiger partial charge in [-0.3, -0.25) is 0 Å². The molecular formula is C14H26N4O2S. The van der Waals surface area contributed by atoms with Crippen LogP contribution in [0.1, 0.15) is 38.8 Å². The molecule has 0 amide bonds. The molecular weight excluding hydrogens is 288 g/mol. The third-order valence-corrected chi connectivity index (χ3v) is 5.03. The molecule has 1 aromatic heterocycles. The number of sulfonamides is 1. The van der Waals surface area contributed by atoms with Gasteiger partial charge in [-0.2, -0.15) is 0 Å². The van der Waals surface area contributed by atoms with Crippen LogP contribution in [-0.2, 0) is 23.6 Å². The van der Waals surface area contributed by atoms with Crippen LogP contribution in [0.2, 0.25) is 0 Å². The third kappa shape index (κ3) is 4.54. The maximum absolute atomic E-state index is 12.4. The van der Waals surface area contributed by atoms with Crippen LogP contribution in [0.25, 0.3) is 0 Å². The zero-order valence-electron chi connectivity index (χ0n) is 13.1.